The van der Waals surface area contributed by atoms with E-state index in [1.54, 1.807) is 0 Å². The van der Waals surface area contributed by atoms with Gasteiger partial charge in [-0.2, -0.15) is 0 Å². The van der Waals surface area contributed by atoms with Crippen molar-refractivity contribution in [3.05, 3.63) is 29.8 Å². The molecule has 0 saturated heterocycles. The second-order valence-electron chi connectivity index (χ2n) is 6.74. The van der Waals surface area contributed by atoms with Gasteiger partial charge in [0, 0.05) is 23.8 Å². The predicted molar refractivity (Wildman–Crippen MR) is 84.3 cm³/mol. The highest BCUT2D eigenvalue weighted by molar-refractivity contribution is 5.48. The second-order valence-corrected chi connectivity index (χ2v) is 6.74. The van der Waals surface area contributed by atoms with Gasteiger partial charge in [0.2, 0.25) is 0 Å². The zero-order chi connectivity index (χ0) is 14.2. The number of benzene rings is 1. The van der Waals surface area contributed by atoms with Crippen molar-refractivity contribution in [1.29, 1.82) is 0 Å². The van der Waals surface area contributed by atoms with Gasteiger partial charge in [0.05, 0.1) is 6.10 Å². The quantitative estimate of drug-likeness (QED) is 0.848. The largest absolute Gasteiger partial charge is 0.382 e. The molecule has 1 aromatic rings. The third kappa shape index (κ3) is 2.24. The Labute approximate surface area is 122 Å². The lowest BCUT2D eigenvalue weighted by atomic mass is 9.51. The van der Waals surface area contributed by atoms with Crippen molar-refractivity contribution >= 4 is 5.69 Å². The van der Waals surface area contributed by atoms with Crippen molar-refractivity contribution in [2.24, 2.45) is 5.41 Å². The molecule has 2 aliphatic carbocycles. The molecule has 2 aliphatic rings. The molecule has 0 bridgehead atoms. The fraction of sp³-hybridized carbons (Fsp3) is 0.667. The Bertz CT molecular complexity index is 464. The number of anilines is 1. The lowest BCUT2D eigenvalue weighted by molar-refractivity contribution is -0.157. The third-order valence-corrected chi connectivity index (χ3v) is 5.33. The Morgan fingerprint density at radius 1 is 1.35 bits per heavy atom. The molecule has 2 unspecified atom stereocenters. The van der Waals surface area contributed by atoms with Crippen LogP contribution in [0.15, 0.2) is 24.3 Å². The van der Waals surface area contributed by atoms with Gasteiger partial charge in [-0.15, -0.1) is 0 Å². The zero-order valence-corrected chi connectivity index (χ0v) is 13.0. The Balaban J connectivity index is 1.68. The number of hydrogen-bond acceptors (Lipinski definition) is 2. The highest BCUT2D eigenvalue weighted by Gasteiger charge is 2.58. The van der Waals surface area contributed by atoms with Crippen molar-refractivity contribution in [3.8, 4) is 0 Å². The standard InChI is InChI=1S/C18H27NO/c1-4-20-17-12-16(18(17)9-6-10-18)19-15-8-5-7-14(11-15)13(2)3/h5,7-8,11,13,16-17,19H,4,6,9-10,12H2,1-3H3. The molecule has 110 valence electrons. The molecule has 2 fully saturated rings. The minimum Gasteiger partial charge on any atom is -0.382 e. The molecule has 1 spiro atoms. The average Bonchev–Trinajstić information content (AvgIpc) is 2.35. The van der Waals surface area contributed by atoms with Crippen molar-refractivity contribution < 1.29 is 4.74 Å². The van der Waals surface area contributed by atoms with E-state index >= 15 is 0 Å². The zero-order valence-electron chi connectivity index (χ0n) is 13.0. The first-order valence-electron chi connectivity index (χ1n) is 8.14. The smallest absolute Gasteiger partial charge is 0.0670 e. The summed E-state index contributed by atoms with van der Waals surface area (Å²) in [5, 5.41) is 3.77. The summed E-state index contributed by atoms with van der Waals surface area (Å²) >= 11 is 0. The summed E-state index contributed by atoms with van der Waals surface area (Å²) in [5.41, 5.74) is 3.13. The second kappa shape index (κ2) is 5.40. The molecule has 2 heteroatoms. The van der Waals surface area contributed by atoms with Gasteiger partial charge in [-0.1, -0.05) is 32.4 Å². The maximum atomic E-state index is 5.93. The molecule has 0 aromatic heterocycles. The van der Waals surface area contributed by atoms with E-state index in [2.05, 4.69) is 50.4 Å². The minimum absolute atomic E-state index is 0.434. The summed E-state index contributed by atoms with van der Waals surface area (Å²) in [6, 6.07) is 9.51. The van der Waals surface area contributed by atoms with Gasteiger partial charge in [-0.05, 0) is 49.8 Å². The number of rotatable bonds is 5. The van der Waals surface area contributed by atoms with Crippen molar-refractivity contribution in [3.63, 3.8) is 0 Å². The van der Waals surface area contributed by atoms with Crippen LogP contribution < -0.4 is 5.32 Å². The summed E-state index contributed by atoms with van der Waals surface area (Å²) in [5.74, 6) is 0.590. The maximum absolute atomic E-state index is 5.93. The average molecular weight is 273 g/mol. The molecule has 1 aromatic carbocycles. The first-order chi connectivity index (χ1) is 9.65. The maximum Gasteiger partial charge on any atom is 0.0670 e. The molecule has 0 heterocycles. The van der Waals surface area contributed by atoms with E-state index in [0.717, 1.165) is 6.61 Å². The van der Waals surface area contributed by atoms with E-state index < -0.39 is 0 Å². The van der Waals surface area contributed by atoms with Crippen LogP contribution in [0.1, 0.15) is 57.9 Å². The fourth-order valence-electron chi connectivity index (χ4n) is 3.83. The van der Waals surface area contributed by atoms with Gasteiger partial charge in [-0.25, -0.2) is 0 Å². The van der Waals surface area contributed by atoms with Crippen LogP contribution in [0, 0.1) is 5.41 Å². The first kappa shape index (κ1) is 13.9. The molecule has 20 heavy (non-hydrogen) atoms. The van der Waals surface area contributed by atoms with Gasteiger partial charge < -0.3 is 10.1 Å². The van der Waals surface area contributed by atoms with E-state index in [1.807, 2.05) is 0 Å². The molecule has 1 N–H and O–H groups in total. The van der Waals surface area contributed by atoms with Crippen LogP contribution in [0.4, 0.5) is 5.69 Å². The summed E-state index contributed by atoms with van der Waals surface area (Å²) < 4.78 is 5.93. The van der Waals surface area contributed by atoms with Gasteiger partial charge in [-0.3, -0.25) is 0 Å². The van der Waals surface area contributed by atoms with Crippen LogP contribution in [0.3, 0.4) is 0 Å². The van der Waals surface area contributed by atoms with Crippen LogP contribution in [0.5, 0.6) is 0 Å². The van der Waals surface area contributed by atoms with E-state index in [-0.39, 0.29) is 0 Å². The highest BCUT2D eigenvalue weighted by atomic mass is 16.5. The predicted octanol–water partition coefficient (Wildman–Crippen LogP) is 4.57. The lowest BCUT2D eigenvalue weighted by Crippen LogP contribution is -2.64. The summed E-state index contributed by atoms with van der Waals surface area (Å²) in [7, 11) is 0. The molecular formula is C18H27NO. The van der Waals surface area contributed by atoms with Crippen molar-refractivity contribution in [2.45, 2.75) is 64.5 Å². The number of ether oxygens (including phenoxy) is 1. The SMILES string of the molecule is CCOC1CC(Nc2cccc(C(C)C)c2)C12CCC2. The topological polar surface area (TPSA) is 21.3 Å². The van der Waals surface area contributed by atoms with Crippen LogP contribution >= 0.6 is 0 Å². The fourth-order valence-corrected chi connectivity index (χ4v) is 3.83. The summed E-state index contributed by atoms with van der Waals surface area (Å²) in [6.45, 7) is 7.46. The summed E-state index contributed by atoms with van der Waals surface area (Å²) in [4.78, 5) is 0. The molecule has 2 nitrogen and oxygen atoms in total. The van der Waals surface area contributed by atoms with Gasteiger partial charge in [0.15, 0.2) is 0 Å². The first-order valence-corrected chi connectivity index (χ1v) is 8.14. The van der Waals surface area contributed by atoms with E-state index in [4.69, 9.17) is 4.74 Å². The van der Waals surface area contributed by atoms with Crippen LogP contribution in [0.25, 0.3) is 0 Å². The Morgan fingerprint density at radius 3 is 2.75 bits per heavy atom. The Morgan fingerprint density at radius 2 is 2.15 bits per heavy atom. The molecule has 0 amide bonds. The van der Waals surface area contributed by atoms with E-state index in [0.29, 0.717) is 23.5 Å². The number of nitrogens with one attached hydrogen (secondary N) is 1. The van der Waals surface area contributed by atoms with Crippen LogP contribution in [0.2, 0.25) is 0 Å². The van der Waals surface area contributed by atoms with Crippen molar-refractivity contribution in [1.82, 2.24) is 0 Å². The van der Waals surface area contributed by atoms with E-state index in [1.165, 1.54) is 36.9 Å². The van der Waals surface area contributed by atoms with Gasteiger partial charge in [0.1, 0.15) is 0 Å². The Hall–Kier alpha value is -1.02. The highest BCUT2D eigenvalue weighted by Crippen LogP contribution is 2.58. The van der Waals surface area contributed by atoms with Crippen LogP contribution in [-0.4, -0.2) is 18.8 Å². The van der Waals surface area contributed by atoms with Crippen molar-refractivity contribution in [2.75, 3.05) is 11.9 Å². The van der Waals surface area contributed by atoms with Crippen LogP contribution in [-0.2, 0) is 4.74 Å². The third-order valence-electron chi connectivity index (χ3n) is 5.33. The molecular weight excluding hydrogens is 246 g/mol. The molecule has 0 aliphatic heterocycles. The lowest BCUT2D eigenvalue weighted by Gasteiger charge is -2.61. The molecule has 2 saturated carbocycles. The molecule has 3 rings (SSSR count). The van der Waals surface area contributed by atoms with Gasteiger partial charge >= 0.3 is 0 Å². The Kier molecular flexibility index (Phi) is 3.76. The molecule has 2 atom stereocenters. The molecule has 0 radical (unpaired) electrons. The minimum atomic E-state index is 0.434. The van der Waals surface area contributed by atoms with Gasteiger partial charge in [0.25, 0.3) is 0 Å². The number of hydrogen-bond donors (Lipinski definition) is 1. The normalized spacial score (nSPS) is 27.2. The summed E-state index contributed by atoms with van der Waals surface area (Å²) in [6.07, 6.45) is 5.69. The van der Waals surface area contributed by atoms with E-state index in [9.17, 15) is 0 Å². The monoisotopic (exact) mass is 273 g/mol.